The van der Waals surface area contributed by atoms with E-state index in [9.17, 15) is 0 Å². The molecular formula is C45H37B9N4O. The van der Waals surface area contributed by atoms with Gasteiger partial charge < -0.3 is 8.98 Å². The van der Waals surface area contributed by atoms with E-state index in [1.54, 1.807) is 0 Å². The SMILES string of the molecule is Bc1cc(B)c(B)c(-c2nc(-c3ccc4oc5cc(-c6ccc7c(c6)c6ccccc6n7-c6ccccc6)ccc5c4c3)nc(-c3c(B)c(B)c(B)c(B)c3B)n2)c1B. The highest BCUT2D eigenvalue weighted by Gasteiger charge is 2.22. The van der Waals surface area contributed by atoms with Crippen LogP contribution >= 0.6 is 0 Å². The normalized spacial score (nSPS) is 11.7. The van der Waals surface area contributed by atoms with Gasteiger partial charge in [0, 0.05) is 43.9 Å². The van der Waals surface area contributed by atoms with Crippen LogP contribution in [0.25, 0.3) is 94.7 Å². The Balaban J connectivity index is 1.12. The summed E-state index contributed by atoms with van der Waals surface area (Å²) in [7, 11) is 19.7. The highest BCUT2D eigenvalue weighted by molar-refractivity contribution is 6.68. The first-order chi connectivity index (χ1) is 28.5. The van der Waals surface area contributed by atoms with Crippen LogP contribution in [0, 0.1) is 0 Å². The fraction of sp³-hybridized carbons (Fsp3) is 0. The van der Waals surface area contributed by atoms with Gasteiger partial charge in [0.25, 0.3) is 0 Å². The molecule has 7 aromatic carbocycles. The Hall–Kier alpha value is -6.27. The minimum absolute atomic E-state index is 0.647. The number of rotatable bonds is 5. The summed E-state index contributed by atoms with van der Waals surface area (Å²) < 4.78 is 8.93. The molecule has 0 amide bonds. The third-order valence-corrected chi connectivity index (χ3v) is 13.2. The summed E-state index contributed by atoms with van der Waals surface area (Å²) in [5, 5.41) is 4.54. The van der Waals surface area contributed by atoms with Crippen molar-refractivity contribution in [1.82, 2.24) is 19.5 Å². The van der Waals surface area contributed by atoms with E-state index >= 15 is 0 Å². The van der Waals surface area contributed by atoms with Gasteiger partial charge in [0.1, 0.15) is 81.8 Å². The topological polar surface area (TPSA) is 56.7 Å². The lowest BCUT2D eigenvalue weighted by molar-refractivity contribution is 0.669. The third-order valence-electron chi connectivity index (χ3n) is 13.2. The summed E-state index contributed by atoms with van der Waals surface area (Å²) in [4.78, 5) is 15.8. The molecule has 0 unspecified atom stereocenters. The van der Waals surface area contributed by atoms with Crippen molar-refractivity contribution >= 4 is 164 Å². The molecule has 0 aliphatic heterocycles. The van der Waals surface area contributed by atoms with E-state index < -0.39 is 0 Å². The molecular weight excluding hydrogens is 710 g/mol. The maximum Gasteiger partial charge on any atom is 0.164 e. The zero-order chi connectivity index (χ0) is 40.9. The molecule has 3 heterocycles. The lowest BCUT2D eigenvalue weighted by Gasteiger charge is -2.21. The molecule has 14 heteroatoms. The van der Waals surface area contributed by atoms with Crippen molar-refractivity contribution in [2.75, 3.05) is 0 Å². The number of hydrogen-bond donors (Lipinski definition) is 0. The number of fused-ring (bicyclic) bond motifs is 6. The molecule has 0 fully saturated rings. The van der Waals surface area contributed by atoms with Gasteiger partial charge in [-0.3, -0.25) is 0 Å². The quantitative estimate of drug-likeness (QED) is 0.168. The molecule has 0 spiro atoms. The predicted octanol–water partition coefficient (Wildman–Crippen LogP) is -4.14. The molecule has 59 heavy (non-hydrogen) atoms. The van der Waals surface area contributed by atoms with E-state index in [1.165, 1.54) is 71.0 Å². The van der Waals surface area contributed by atoms with Gasteiger partial charge in [-0.1, -0.05) is 87.4 Å². The molecule has 0 bridgehead atoms. The van der Waals surface area contributed by atoms with Crippen molar-refractivity contribution < 1.29 is 4.42 Å². The maximum absolute atomic E-state index is 6.58. The smallest absolute Gasteiger partial charge is 0.164 e. The molecule has 0 N–H and O–H groups in total. The monoisotopic (exact) mass is 748 g/mol. The molecule has 0 atom stereocenters. The number of nitrogens with zero attached hydrogens (tertiary/aromatic N) is 4. The molecule has 10 aromatic rings. The molecule has 3 aromatic heterocycles. The van der Waals surface area contributed by atoms with Gasteiger partial charge in [-0.25, -0.2) is 15.0 Å². The van der Waals surface area contributed by atoms with Crippen LogP contribution in [-0.2, 0) is 0 Å². The summed E-state index contributed by atoms with van der Waals surface area (Å²) in [5.41, 5.74) is 21.6. The number of para-hydroxylation sites is 2. The second-order valence-corrected chi connectivity index (χ2v) is 16.4. The molecule has 0 aliphatic rings. The van der Waals surface area contributed by atoms with Crippen LogP contribution in [0.2, 0.25) is 0 Å². The van der Waals surface area contributed by atoms with Crippen molar-refractivity contribution in [2.24, 2.45) is 0 Å². The highest BCUT2D eigenvalue weighted by Crippen LogP contribution is 2.38. The van der Waals surface area contributed by atoms with Crippen molar-refractivity contribution in [1.29, 1.82) is 0 Å². The van der Waals surface area contributed by atoms with Gasteiger partial charge in [-0.05, 0) is 71.8 Å². The van der Waals surface area contributed by atoms with Gasteiger partial charge in [0.05, 0.1) is 11.0 Å². The van der Waals surface area contributed by atoms with E-state index in [-0.39, 0.29) is 0 Å². The number of furan rings is 1. The van der Waals surface area contributed by atoms with Gasteiger partial charge >= 0.3 is 0 Å². The van der Waals surface area contributed by atoms with Gasteiger partial charge in [-0.15, -0.1) is 16.4 Å². The van der Waals surface area contributed by atoms with Crippen LogP contribution in [0.1, 0.15) is 0 Å². The minimum atomic E-state index is 0.647. The van der Waals surface area contributed by atoms with Crippen molar-refractivity contribution in [3.63, 3.8) is 0 Å². The number of benzene rings is 7. The molecule has 0 aliphatic carbocycles. The zero-order valence-corrected chi connectivity index (χ0v) is 35.2. The second kappa shape index (κ2) is 13.9. The second-order valence-electron chi connectivity index (χ2n) is 16.4. The number of aromatic nitrogens is 4. The Labute approximate surface area is 352 Å². The largest absolute Gasteiger partial charge is 0.456 e. The maximum atomic E-state index is 6.58. The van der Waals surface area contributed by atoms with Gasteiger partial charge in [-0.2, -0.15) is 0 Å². The van der Waals surface area contributed by atoms with Crippen LogP contribution in [0.15, 0.2) is 120 Å². The summed E-state index contributed by atoms with van der Waals surface area (Å²) >= 11 is 0. The summed E-state index contributed by atoms with van der Waals surface area (Å²) in [5.74, 6) is 2.05. The van der Waals surface area contributed by atoms with Crippen LogP contribution in [0.3, 0.4) is 0 Å². The molecule has 0 saturated heterocycles. The van der Waals surface area contributed by atoms with E-state index in [0.717, 1.165) is 55.4 Å². The van der Waals surface area contributed by atoms with Crippen LogP contribution in [0.4, 0.5) is 0 Å². The Morgan fingerprint density at radius 3 is 1.63 bits per heavy atom. The minimum Gasteiger partial charge on any atom is -0.456 e. The van der Waals surface area contributed by atoms with E-state index in [0.29, 0.717) is 17.5 Å². The summed E-state index contributed by atoms with van der Waals surface area (Å²) in [6.07, 6.45) is 0. The first kappa shape index (κ1) is 37.0. The zero-order valence-electron chi connectivity index (χ0n) is 35.2. The average Bonchev–Trinajstić information content (AvgIpc) is 3.79. The fourth-order valence-electron chi connectivity index (χ4n) is 9.22. The Morgan fingerprint density at radius 1 is 0.373 bits per heavy atom. The summed E-state index contributed by atoms with van der Waals surface area (Å²) in [6, 6.07) is 41.2. The first-order valence-corrected chi connectivity index (χ1v) is 20.5. The molecule has 5 nitrogen and oxygen atoms in total. The van der Waals surface area contributed by atoms with Crippen LogP contribution in [0.5, 0.6) is 0 Å². The Morgan fingerprint density at radius 2 is 0.915 bits per heavy atom. The first-order valence-electron chi connectivity index (χ1n) is 20.5. The number of hydrogen-bond acceptors (Lipinski definition) is 4. The van der Waals surface area contributed by atoms with Gasteiger partial charge in [0.15, 0.2) is 17.5 Å². The average molecular weight is 747 g/mol. The van der Waals surface area contributed by atoms with E-state index in [4.69, 9.17) is 19.4 Å². The molecule has 0 saturated carbocycles. The predicted molar refractivity (Wildman–Crippen MR) is 277 cm³/mol. The lowest BCUT2D eigenvalue weighted by atomic mass is 9.60. The van der Waals surface area contributed by atoms with Crippen molar-refractivity contribution in [3.05, 3.63) is 115 Å². The third kappa shape index (κ3) is 5.86. The standard InChI is InChI=1S/C45H37B9N4O/c46-28-19-29(47)37(49)34(36(28)48)44-55-43(56-45(57-44)35-38(50)40(52)42(54)41(53)39(35)51)22-12-15-32-27(17-22)25-13-10-21(18-33(25)59-32)20-11-14-31-26(16-20)24-8-4-5-9-30(24)58(31)23-6-2-1-3-7-23/h1-19H,46-54H2. The van der Waals surface area contributed by atoms with Crippen molar-refractivity contribution in [3.8, 4) is 51.0 Å². The fourth-order valence-corrected chi connectivity index (χ4v) is 9.22. The Kier molecular flexibility index (Phi) is 8.75. The molecule has 10 rings (SSSR count). The molecule has 270 valence electrons. The Bertz CT molecular complexity index is 3350. The van der Waals surface area contributed by atoms with Crippen LogP contribution < -0.4 is 49.2 Å². The summed E-state index contributed by atoms with van der Waals surface area (Å²) in [6.45, 7) is 0. The molecule has 0 radical (unpaired) electrons. The van der Waals surface area contributed by atoms with Gasteiger partial charge in [0.2, 0.25) is 0 Å². The highest BCUT2D eigenvalue weighted by atomic mass is 16.3. The van der Waals surface area contributed by atoms with Crippen molar-refractivity contribution in [2.45, 2.75) is 0 Å². The van der Waals surface area contributed by atoms with E-state index in [1.807, 2.05) is 0 Å². The van der Waals surface area contributed by atoms with Crippen LogP contribution in [-0.4, -0.2) is 90.1 Å². The lowest BCUT2D eigenvalue weighted by Crippen LogP contribution is -2.55. The van der Waals surface area contributed by atoms with E-state index in [2.05, 4.69) is 190 Å².